The number of benzene rings is 1. The van der Waals surface area contributed by atoms with Gasteiger partial charge in [-0.15, -0.1) is 0 Å². The summed E-state index contributed by atoms with van der Waals surface area (Å²) in [6.07, 6.45) is 0. The van der Waals surface area contributed by atoms with Crippen molar-refractivity contribution in [1.82, 2.24) is 10.3 Å². The lowest BCUT2D eigenvalue weighted by Gasteiger charge is -2.31. The van der Waals surface area contributed by atoms with Crippen LogP contribution in [-0.2, 0) is 23.8 Å². The van der Waals surface area contributed by atoms with Crippen molar-refractivity contribution in [1.29, 1.82) is 0 Å². The summed E-state index contributed by atoms with van der Waals surface area (Å²) in [5.41, 5.74) is 0.596. The first-order valence-corrected chi connectivity index (χ1v) is 7.60. The number of methoxy groups -OCH3 is 2. The second-order valence-corrected chi connectivity index (χ2v) is 5.68. The molecule has 0 spiro atoms. The smallest absolute Gasteiger partial charge is 0.355 e. The molecule has 2 aromatic rings. The number of ether oxygens (including phenoxy) is 3. The van der Waals surface area contributed by atoms with Gasteiger partial charge in [0, 0.05) is 0 Å². The van der Waals surface area contributed by atoms with Gasteiger partial charge in [0.15, 0.2) is 11.0 Å². The monoisotopic (exact) mass is 387 g/mol. The van der Waals surface area contributed by atoms with Crippen LogP contribution in [0.1, 0.15) is 0 Å². The Morgan fingerprint density at radius 2 is 1.80 bits per heavy atom. The van der Waals surface area contributed by atoms with Gasteiger partial charge in [-0.05, 0) is 16.4 Å². The van der Waals surface area contributed by atoms with E-state index in [1.807, 2.05) is 0 Å². The molecule has 0 saturated heterocycles. The van der Waals surface area contributed by atoms with Crippen LogP contribution < -0.4 is 4.90 Å². The van der Waals surface area contributed by atoms with Crippen molar-refractivity contribution in [3.8, 4) is 0 Å². The molecule has 11 heteroatoms. The van der Waals surface area contributed by atoms with Gasteiger partial charge in [0.2, 0.25) is 0 Å². The van der Waals surface area contributed by atoms with E-state index in [0.29, 0.717) is 0 Å². The maximum absolute atomic E-state index is 12.3. The summed E-state index contributed by atoms with van der Waals surface area (Å²) in [6.45, 7) is -0.215. The molecular formula is C14H11Cl2N3O6. The lowest BCUT2D eigenvalue weighted by atomic mass is 10.1. The number of aromatic nitrogens is 2. The van der Waals surface area contributed by atoms with Crippen molar-refractivity contribution in [2.45, 2.75) is 0 Å². The summed E-state index contributed by atoms with van der Waals surface area (Å²) in [5.74, 6) is -1.50. The van der Waals surface area contributed by atoms with E-state index in [4.69, 9.17) is 42.0 Å². The van der Waals surface area contributed by atoms with Crippen LogP contribution in [0, 0.1) is 0 Å². The highest BCUT2D eigenvalue weighted by Crippen LogP contribution is 2.40. The number of anilines is 1. The van der Waals surface area contributed by atoms with Crippen LogP contribution in [0.5, 0.6) is 0 Å². The molecule has 0 saturated carbocycles. The van der Waals surface area contributed by atoms with Crippen molar-refractivity contribution in [2.24, 2.45) is 0 Å². The molecule has 1 aliphatic rings. The van der Waals surface area contributed by atoms with Crippen LogP contribution in [0.25, 0.3) is 11.0 Å². The minimum atomic E-state index is -0.765. The Morgan fingerprint density at radius 3 is 2.48 bits per heavy atom. The predicted molar refractivity (Wildman–Crippen MR) is 86.2 cm³/mol. The van der Waals surface area contributed by atoms with Crippen molar-refractivity contribution in [3.63, 3.8) is 0 Å². The minimum Gasteiger partial charge on any atom is -0.466 e. The molecule has 0 radical (unpaired) electrons. The first kappa shape index (κ1) is 17.5. The third-order valence-corrected chi connectivity index (χ3v) is 4.10. The van der Waals surface area contributed by atoms with Gasteiger partial charge in [0.25, 0.3) is 0 Å². The predicted octanol–water partition coefficient (Wildman–Crippen LogP) is 1.92. The molecule has 0 amide bonds. The Bertz CT molecular complexity index is 894. The Kier molecular flexibility index (Phi) is 4.80. The number of nitrogens with zero attached hydrogens (tertiary/aromatic N) is 3. The molecule has 0 aliphatic carbocycles. The van der Waals surface area contributed by atoms with Crippen LogP contribution in [0.2, 0.25) is 10.0 Å². The minimum absolute atomic E-state index is 0.0174. The van der Waals surface area contributed by atoms with Crippen molar-refractivity contribution >= 4 is 51.9 Å². The standard InChI is InChI=1S/C14H11Cl2N3O6/c1-22-13(20)6-4-24-5-19(11(6)14(21)23-2)12-8(16)3-7(15)9-10(12)18-25-17-9/h3H,4-5H2,1-2H3. The highest BCUT2D eigenvalue weighted by molar-refractivity contribution is 6.40. The van der Waals surface area contributed by atoms with Gasteiger partial charge in [0.05, 0.1) is 42.1 Å². The molecule has 0 unspecified atom stereocenters. The van der Waals surface area contributed by atoms with Crippen molar-refractivity contribution < 1.29 is 28.4 Å². The first-order chi connectivity index (χ1) is 12.0. The second kappa shape index (κ2) is 6.87. The maximum Gasteiger partial charge on any atom is 0.355 e. The number of carbonyl (C=O) groups is 2. The van der Waals surface area contributed by atoms with E-state index >= 15 is 0 Å². The molecule has 1 aliphatic heterocycles. The van der Waals surface area contributed by atoms with Crippen LogP contribution in [0.4, 0.5) is 5.69 Å². The van der Waals surface area contributed by atoms with E-state index in [2.05, 4.69) is 10.3 Å². The van der Waals surface area contributed by atoms with E-state index in [1.165, 1.54) is 25.2 Å². The van der Waals surface area contributed by atoms with Gasteiger partial charge < -0.3 is 19.1 Å². The first-order valence-electron chi connectivity index (χ1n) is 6.85. The summed E-state index contributed by atoms with van der Waals surface area (Å²) in [7, 11) is 2.38. The molecule has 1 aromatic heterocycles. The molecule has 132 valence electrons. The van der Waals surface area contributed by atoms with Crippen LogP contribution in [-0.4, -0.2) is 49.8 Å². The molecule has 25 heavy (non-hydrogen) atoms. The van der Waals surface area contributed by atoms with Gasteiger partial charge >= 0.3 is 11.9 Å². The average molecular weight is 388 g/mol. The number of fused-ring (bicyclic) bond motifs is 1. The average Bonchev–Trinajstić information content (AvgIpc) is 3.10. The van der Waals surface area contributed by atoms with Crippen molar-refractivity contribution in [2.75, 3.05) is 32.5 Å². The quantitative estimate of drug-likeness (QED) is 0.730. The number of hydrogen-bond acceptors (Lipinski definition) is 9. The largest absolute Gasteiger partial charge is 0.466 e. The third kappa shape index (κ3) is 2.90. The van der Waals surface area contributed by atoms with E-state index in [0.717, 1.165) is 0 Å². The summed E-state index contributed by atoms with van der Waals surface area (Å²) < 4.78 is 19.6. The van der Waals surface area contributed by atoms with Gasteiger partial charge in [-0.3, -0.25) is 0 Å². The fraction of sp³-hybridized carbons (Fsp3) is 0.286. The Balaban J connectivity index is 2.27. The lowest BCUT2D eigenvalue weighted by molar-refractivity contribution is -0.140. The Labute approximate surface area is 151 Å². The zero-order valence-electron chi connectivity index (χ0n) is 13.0. The number of esters is 2. The van der Waals surface area contributed by atoms with Crippen LogP contribution in [0.3, 0.4) is 0 Å². The van der Waals surface area contributed by atoms with Crippen molar-refractivity contribution in [3.05, 3.63) is 27.4 Å². The molecule has 0 N–H and O–H groups in total. The molecule has 0 bridgehead atoms. The molecule has 2 heterocycles. The second-order valence-electron chi connectivity index (χ2n) is 4.87. The Hall–Kier alpha value is -2.36. The summed E-state index contributed by atoms with van der Waals surface area (Å²) in [4.78, 5) is 25.7. The molecule has 9 nitrogen and oxygen atoms in total. The number of carbonyl (C=O) groups excluding carboxylic acids is 2. The number of hydrogen-bond donors (Lipinski definition) is 0. The maximum atomic E-state index is 12.3. The number of halogens is 2. The van der Waals surface area contributed by atoms with E-state index in [-0.39, 0.29) is 51.4 Å². The summed E-state index contributed by atoms with van der Waals surface area (Å²) >= 11 is 12.4. The summed E-state index contributed by atoms with van der Waals surface area (Å²) in [6, 6.07) is 1.42. The number of rotatable bonds is 3. The zero-order valence-corrected chi connectivity index (χ0v) is 14.6. The third-order valence-electron chi connectivity index (χ3n) is 3.52. The van der Waals surface area contributed by atoms with Gasteiger partial charge in [-0.2, -0.15) is 0 Å². The highest BCUT2D eigenvalue weighted by Gasteiger charge is 2.35. The molecular weight excluding hydrogens is 377 g/mol. The van der Waals surface area contributed by atoms with E-state index < -0.39 is 11.9 Å². The van der Waals surface area contributed by atoms with Gasteiger partial charge in [-0.25, -0.2) is 14.2 Å². The summed E-state index contributed by atoms with van der Waals surface area (Å²) in [5, 5.41) is 7.87. The SMILES string of the molecule is COC(=O)C1=C(C(=O)OC)N(c2c(Cl)cc(Cl)c3nonc23)COC1. The topological polar surface area (TPSA) is 104 Å². The Morgan fingerprint density at radius 1 is 1.12 bits per heavy atom. The molecule has 0 fully saturated rings. The molecule has 3 rings (SSSR count). The lowest BCUT2D eigenvalue weighted by Crippen LogP contribution is -2.39. The van der Waals surface area contributed by atoms with E-state index in [1.54, 1.807) is 0 Å². The molecule has 1 aromatic carbocycles. The van der Waals surface area contributed by atoms with Crippen LogP contribution >= 0.6 is 23.2 Å². The normalized spacial score (nSPS) is 14.8. The van der Waals surface area contributed by atoms with E-state index in [9.17, 15) is 9.59 Å². The van der Waals surface area contributed by atoms with Crippen LogP contribution in [0.15, 0.2) is 22.0 Å². The molecule has 0 atom stereocenters. The fourth-order valence-electron chi connectivity index (χ4n) is 2.44. The van der Waals surface area contributed by atoms with Gasteiger partial charge in [0.1, 0.15) is 12.4 Å². The highest BCUT2D eigenvalue weighted by atomic mass is 35.5. The van der Waals surface area contributed by atoms with Gasteiger partial charge in [-0.1, -0.05) is 23.2 Å². The zero-order chi connectivity index (χ0) is 18.1. The fourth-order valence-corrected chi connectivity index (χ4v) is 3.03.